The van der Waals surface area contributed by atoms with Gasteiger partial charge < -0.3 is 15.5 Å². The van der Waals surface area contributed by atoms with Crippen molar-refractivity contribution < 1.29 is 10.2 Å². The third-order valence-electron chi connectivity index (χ3n) is 3.08. The lowest BCUT2D eigenvalue weighted by Gasteiger charge is -2.08. The Morgan fingerprint density at radius 2 is 1.57 bits per heavy atom. The van der Waals surface area contributed by atoms with Crippen LogP contribution in [0.3, 0.4) is 0 Å². The SMILES string of the molecule is Oc1ccc(-c2ccnc(Nc3cccc(O)c3)c2)cc1. The summed E-state index contributed by atoms with van der Waals surface area (Å²) in [6, 6.07) is 17.7. The second-order valence-corrected chi connectivity index (χ2v) is 4.65. The van der Waals surface area contributed by atoms with Gasteiger partial charge in [0.2, 0.25) is 0 Å². The van der Waals surface area contributed by atoms with E-state index in [9.17, 15) is 10.2 Å². The molecule has 0 aliphatic carbocycles. The van der Waals surface area contributed by atoms with E-state index in [0.29, 0.717) is 5.82 Å². The lowest BCUT2D eigenvalue weighted by atomic mass is 10.1. The molecule has 4 heteroatoms. The Labute approximate surface area is 122 Å². The van der Waals surface area contributed by atoms with Crippen molar-refractivity contribution in [3.05, 3.63) is 66.9 Å². The molecule has 3 aromatic rings. The summed E-state index contributed by atoms with van der Waals surface area (Å²) in [6.45, 7) is 0. The Morgan fingerprint density at radius 3 is 2.33 bits per heavy atom. The van der Waals surface area contributed by atoms with Crippen molar-refractivity contribution in [2.75, 3.05) is 5.32 Å². The fourth-order valence-electron chi connectivity index (χ4n) is 2.06. The van der Waals surface area contributed by atoms with Crippen molar-refractivity contribution in [2.24, 2.45) is 0 Å². The fraction of sp³-hybridized carbons (Fsp3) is 0. The largest absolute Gasteiger partial charge is 0.508 e. The Kier molecular flexibility index (Phi) is 3.43. The Morgan fingerprint density at radius 1 is 0.762 bits per heavy atom. The predicted molar refractivity (Wildman–Crippen MR) is 82.7 cm³/mol. The highest BCUT2D eigenvalue weighted by Gasteiger charge is 2.02. The maximum absolute atomic E-state index is 9.47. The second kappa shape index (κ2) is 5.54. The van der Waals surface area contributed by atoms with Gasteiger partial charge in [-0.2, -0.15) is 0 Å². The molecular weight excluding hydrogens is 264 g/mol. The molecule has 0 spiro atoms. The van der Waals surface area contributed by atoms with Crippen LogP contribution in [0.25, 0.3) is 11.1 Å². The maximum Gasteiger partial charge on any atom is 0.130 e. The number of phenolic OH excluding ortho intramolecular Hbond substituents is 2. The molecule has 1 aromatic heterocycles. The zero-order chi connectivity index (χ0) is 14.7. The number of nitrogens with zero attached hydrogens (tertiary/aromatic N) is 1. The quantitative estimate of drug-likeness (QED) is 0.679. The molecular formula is C17H14N2O2. The van der Waals surface area contributed by atoms with Crippen molar-refractivity contribution in [1.82, 2.24) is 4.98 Å². The van der Waals surface area contributed by atoms with E-state index in [-0.39, 0.29) is 11.5 Å². The molecule has 0 fully saturated rings. The zero-order valence-electron chi connectivity index (χ0n) is 11.2. The van der Waals surface area contributed by atoms with Gasteiger partial charge in [-0.15, -0.1) is 0 Å². The van der Waals surface area contributed by atoms with Crippen molar-refractivity contribution in [1.29, 1.82) is 0 Å². The number of aromatic nitrogens is 1. The fourth-order valence-corrected chi connectivity index (χ4v) is 2.06. The van der Waals surface area contributed by atoms with Crippen LogP contribution in [0.5, 0.6) is 11.5 Å². The van der Waals surface area contributed by atoms with Crippen LogP contribution in [-0.4, -0.2) is 15.2 Å². The van der Waals surface area contributed by atoms with Crippen molar-refractivity contribution >= 4 is 11.5 Å². The van der Waals surface area contributed by atoms with Gasteiger partial charge in [0, 0.05) is 18.0 Å². The van der Waals surface area contributed by atoms with Gasteiger partial charge in [-0.1, -0.05) is 18.2 Å². The van der Waals surface area contributed by atoms with E-state index in [1.165, 1.54) is 0 Å². The molecule has 0 amide bonds. The maximum atomic E-state index is 9.47. The number of rotatable bonds is 3. The number of pyridine rings is 1. The van der Waals surface area contributed by atoms with Crippen LogP contribution >= 0.6 is 0 Å². The number of aromatic hydroxyl groups is 2. The molecule has 0 saturated carbocycles. The molecule has 0 aliphatic heterocycles. The van der Waals surface area contributed by atoms with E-state index in [4.69, 9.17) is 0 Å². The topological polar surface area (TPSA) is 65.4 Å². The lowest BCUT2D eigenvalue weighted by Crippen LogP contribution is -1.93. The minimum absolute atomic E-state index is 0.203. The first kappa shape index (κ1) is 13.0. The molecule has 1 heterocycles. The van der Waals surface area contributed by atoms with Gasteiger partial charge >= 0.3 is 0 Å². The minimum atomic E-state index is 0.203. The van der Waals surface area contributed by atoms with E-state index in [0.717, 1.165) is 16.8 Å². The van der Waals surface area contributed by atoms with Crippen molar-refractivity contribution in [3.8, 4) is 22.6 Å². The number of anilines is 2. The van der Waals surface area contributed by atoms with E-state index in [2.05, 4.69) is 10.3 Å². The van der Waals surface area contributed by atoms with Gasteiger partial charge in [-0.3, -0.25) is 0 Å². The minimum Gasteiger partial charge on any atom is -0.508 e. The van der Waals surface area contributed by atoms with E-state index in [1.807, 2.05) is 30.3 Å². The molecule has 3 rings (SSSR count). The molecule has 0 aliphatic rings. The molecule has 0 unspecified atom stereocenters. The summed E-state index contributed by atoms with van der Waals surface area (Å²) < 4.78 is 0. The molecule has 21 heavy (non-hydrogen) atoms. The van der Waals surface area contributed by atoms with E-state index in [1.54, 1.807) is 36.5 Å². The van der Waals surface area contributed by atoms with Crippen LogP contribution in [0.2, 0.25) is 0 Å². The molecule has 0 radical (unpaired) electrons. The highest BCUT2D eigenvalue weighted by atomic mass is 16.3. The molecule has 4 nitrogen and oxygen atoms in total. The summed E-state index contributed by atoms with van der Waals surface area (Å²) in [6.07, 6.45) is 1.72. The summed E-state index contributed by atoms with van der Waals surface area (Å²) in [5.74, 6) is 1.13. The van der Waals surface area contributed by atoms with Crippen LogP contribution in [0.4, 0.5) is 11.5 Å². The average molecular weight is 278 g/mol. The number of phenols is 2. The highest BCUT2D eigenvalue weighted by molar-refractivity contribution is 5.69. The number of hydrogen-bond acceptors (Lipinski definition) is 4. The van der Waals surface area contributed by atoms with Gasteiger partial charge in [0.15, 0.2) is 0 Å². The van der Waals surface area contributed by atoms with Gasteiger partial charge in [0.25, 0.3) is 0 Å². The van der Waals surface area contributed by atoms with Crippen LogP contribution in [0.1, 0.15) is 0 Å². The monoisotopic (exact) mass is 278 g/mol. The number of nitrogens with one attached hydrogen (secondary N) is 1. The third-order valence-corrected chi connectivity index (χ3v) is 3.08. The van der Waals surface area contributed by atoms with Gasteiger partial charge in [-0.05, 0) is 47.5 Å². The van der Waals surface area contributed by atoms with Gasteiger partial charge in [-0.25, -0.2) is 4.98 Å². The molecule has 104 valence electrons. The molecule has 0 atom stereocenters. The zero-order valence-corrected chi connectivity index (χ0v) is 11.2. The Hall–Kier alpha value is -3.01. The van der Waals surface area contributed by atoms with Crippen LogP contribution in [-0.2, 0) is 0 Å². The standard InChI is InChI=1S/C17H14N2O2/c20-15-6-4-12(5-7-15)13-8-9-18-17(10-13)19-14-2-1-3-16(21)11-14/h1-11,20-21H,(H,18,19). The first-order chi connectivity index (χ1) is 10.2. The highest BCUT2D eigenvalue weighted by Crippen LogP contribution is 2.25. The molecule has 2 aromatic carbocycles. The van der Waals surface area contributed by atoms with Crippen LogP contribution < -0.4 is 5.32 Å². The normalized spacial score (nSPS) is 10.3. The van der Waals surface area contributed by atoms with E-state index >= 15 is 0 Å². The third kappa shape index (κ3) is 3.12. The van der Waals surface area contributed by atoms with Crippen LogP contribution in [0, 0.1) is 0 Å². The van der Waals surface area contributed by atoms with Gasteiger partial charge in [0.05, 0.1) is 0 Å². The van der Waals surface area contributed by atoms with Gasteiger partial charge in [0.1, 0.15) is 17.3 Å². The smallest absolute Gasteiger partial charge is 0.130 e. The number of benzene rings is 2. The first-order valence-electron chi connectivity index (χ1n) is 6.52. The summed E-state index contributed by atoms with van der Waals surface area (Å²) >= 11 is 0. The first-order valence-corrected chi connectivity index (χ1v) is 6.52. The summed E-state index contributed by atoms with van der Waals surface area (Å²) in [7, 11) is 0. The summed E-state index contributed by atoms with van der Waals surface area (Å²) in [5.41, 5.74) is 2.76. The van der Waals surface area contributed by atoms with Crippen molar-refractivity contribution in [2.45, 2.75) is 0 Å². The second-order valence-electron chi connectivity index (χ2n) is 4.65. The lowest BCUT2D eigenvalue weighted by molar-refractivity contribution is 0.475. The van der Waals surface area contributed by atoms with Crippen molar-refractivity contribution in [3.63, 3.8) is 0 Å². The summed E-state index contributed by atoms with van der Waals surface area (Å²) in [5, 5.41) is 21.9. The van der Waals surface area contributed by atoms with Crippen LogP contribution in [0.15, 0.2) is 66.9 Å². The molecule has 0 saturated heterocycles. The molecule has 0 bridgehead atoms. The summed E-state index contributed by atoms with van der Waals surface area (Å²) in [4.78, 5) is 4.27. The Balaban J connectivity index is 1.88. The Bertz CT molecular complexity index is 755. The average Bonchev–Trinajstić information content (AvgIpc) is 2.48. The number of hydrogen-bond donors (Lipinski definition) is 3. The predicted octanol–water partition coefficient (Wildman–Crippen LogP) is 3.90. The van der Waals surface area contributed by atoms with E-state index < -0.39 is 0 Å². The molecule has 3 N–H and O–H groups in total.